The van der Waals surface area contributed by atoms with Gasteiger partial charge in [0.1, 0.15) is 0 Å². The molecule has 0 radical (unpaired) electrons. The second kappa shape index (κ2) is 7.10. The monoisotopic (exact) mass is 272 g/mol. The molecule has 3 amide bonds. The highest BCUT2D eigenvalue weighted by atomic mass is 16.5. The largest absolute Gasteiger partial charge is 0.504 e. The van der Waals surface area contributed by atoms with E-state index in [-0.39, 0.29) is 18.1 Å². The van der Waals surface area contributed by atoms with Gasteiger partial charge in [0.25, 0.3) is 5.91 Å². The summed E-state index contributed by atoms with van der Waals surface area (Å²) >= 11 is 0. The minimum Gasteiger partial charge on any atom is -0.504 e. The zero-order chi connectivity index (χ0) is 14.4. The molecule has 0 heterocycles. The van der Waals surface area contributed by atoms with Gasteiger partial charge in [0.05, 0.1) is 25.5 Å². The SMILES string of the molecule is CO/C=C(\C)C(=O)NC(=O)N[C@H]1C[C@@H](CO)C[C@@H]1O. The molecule has 3 atom stereocenters. The van der Waals surface area contributed by atoms with Crippen molar-refractivity contribution in [3.63, 3.8) is 0 Å². The molecule has 108 valence electrons. The minimum atomic E-state index is -0.700. The summed E-state index contributed by atoms with van der Waals surface area (Å²) in [6.07, 6.45) is 1.47. The van der Waals surface area contributed by atoms with Crippen LogP contribution in [0.1, 0.15) is 19.8 Å². The van der Waals surface area contributed by atoms with Crippen LogP contribution in [0.5, 0.6) is 0 Å². The second-order valence-electron chi connectivity index (χ2n) is 4.66. The number of hydrogen-bond acceptors (Lipinski definition) is 5. The molecule has 0 aliphatic heterocycles. The first-order chi connectivity index (χ1) is 8.97. The molecular formula is C12H20N2O5. The third kappa shape index (κ3) is 4.53. The molecule has 0 saturated heterocycles. The second-order valence-corrected chi connectivity index (χ2v) is 4.66. The summed E-state index contributed by atoms with van der Waals surface area (Å²) in [6, 6.07) is -1.12. The van der Waals surface area contributed by atoms with Gasteiger partial charge in [0, 0.05) is 12.2 Å². The van der Waals surface area contributed by atoms with E-state index < -0.39 is 24.1 Å². The summed E-state index contributed by atoms with van der Waals surface area (Å²) in [7, 11) is 1.40. The van der Waals surface area contributed by atoms with Crippen LogP contribution in [0.2, 0.25) is 0 Å². The molecule has 1 rings (SSSR count). The third-order valence-corrected chi connectivity index (χ3v) is 3.08. The predicted molar refractivity (Wildman–Crippen MR) is 67.0 cm³/mol. The van der Waals surface area contributed by atoms with Gasteiger partial charge < -0.3 is 20.3 Å². The van der Waals surface area contributed by atoms with Gasteiger partial charge in [-0.15, -0.1) is 0 Å². The number of carbonyl (C=O) groups excluding carboxylic acids is 2. The number of rotatable bonds is 4. The summed E-state index contributed by atoms with van der Waals surface area (Å²) in [4.78, 5) is 23.1. The summed E-state index contributed by atoms with van der Waals surface area (Å²) < 4.78 is 4.66. The Labute approximate surface area is 111 Å². The Morgan fingerprint density at radius 1 is 1.42 bits per heavy atom. The van der Waals surface area contributed by atoms with Gasteiger partial charge in [0.15, 0.2) is 0 Å². The van der Waals surface area contributed by atoms with E-state index in [4.69, 9.17) is 5.11 Å². The Morgan fingerprint density at radius 3 is 2.63 bits per heavy atom. The zero-order valence-electron chi connectivity index (χ0n) is 11.0. The van der Waals surface area contributed by atoms with Crippen LogP contribution in [-0.4, -0.2) is 48.0 Å². The van der Waals surface area contributed by atoms with Gasteiger partial charge in [-0.1, -0.05) is 0 Å². The van der Waals surface area contributed by atoms with Crippen LogP contribution in [-0.2, 0) is 9.53 Å². The molecule has 0 bridgehead atoms. The van der Waals surface area contributed by atoms with E-state index in [0.717, 1.165) is 0 Å². The minimum absolute atomic E-state index is 0.0221. The predicted octanol–water partition coefficient (Wildman–Crippen LogP) is -0.506. The van der Waals surface area contributed by atoms with E-state index in [1.54, 1.807) is 0 Å². The molecule has 7 nitrogen and oxygen atoms in total. The lowest BCUT2D eigenvalue weighted by Gasteiger charge is -2.16. The molecule has 1 fully saturated rings. The molecule has 1 saturated carbocycles. The van der Waals surface area contributed by atoms with Crippen LogP contribution in [0.25, 0.3) is 0 Å². The number of hydrogen-bond donors (Lipinski definition) is 4. The Morgan fingerprint density at radius 2 is 2.11 bits per heavy atom. The zero-order valence-corrected chi connectivity index (χ0v) is 11.0. The number of methoxy groups -OCH3 is 1. The molecule has 0 aromatic carbocycles. The lowest BCUT2D eigenvalue weighted by atomic mass is 10.1. The van der Waals surface area contributed by atoms with Crippen LogP contribution in [0.3, 0.4) is 0 Å². The van der Waals surface area contributed by atoms with Crippen molar-refractivity contribution in [1.29, 1.82) is 0 Å². The average molecular weight is 272 g/mol. The van der Waals surface area contributed by atoms with E-state index in [2.05, 4.69) is 15.4 Å². The number of aliphatic hydroxyl groups is 2. The number of aliphatic hydroxyl groups excluding tert-OH is 2. The molecule has 7 heteroatoms. The van der Waals surface area contributed by atoms with Crippen molar-refractivity contribution < 1.29 is 24.5 Å². The normalized spacial score (nSPS) is 26.9. The lowest BCUT2D eigenvalue weighted by Crippen LogP contribution is -2.47. The molecular weight excluding hydrogens is 252 g/mol. The van der Waals surface area contributed by atoms with Crippen molar-refractivity contribution in [2.24, 2.45) is 5.92 Å². The Bertz CT molecular complexity index is 369. The van der Waals surface area contributed by atoms with Crippen LogP contribution in [0.4, 0.5) is 4.79 Å². The van der Waals surface area contributed by atoms with E-state index in [0.29, 0.717) is 12.8 Å². The molecule has 0 aromatic heterocycles. The Balaban J connectivity index is 2.44. The topological polar surface area (TPSA) is 108 Å². The van der Waals surface area contributed by atoms with Crippen molar-refractivity contribution in [2.75, 3.05) is 13.7 Å². The number of imide groups is 1. The quantitative estimate of drug-likeness (QED) is 0.407. The van der Waals surface area contributed by atoms with Crippen molar-refractivity contribution in [2.45, 2.75) is 31.9 Å². The first kappa shape index (κ1) is 15.5. The number of urea groups is 1. The molecule has 19 heavy (non-hydrogen) atoms. The highest BCUT2D eigenvalue weighted by Gasteiger charge is 2.33. The summed E-state index contributed by atoms with van der Waals surface area (Å²) in [5.41, 5.74) is 0.262. The Hall–Kier alpha value is -1.60. The lowest BCUT2D eigenvalue weighted by molar-refractivity contribution is -0.116. The van der Waals surface area contributed by atoms with Gasteiger partial charge in [-0.3, -0.25) is 10.1 Å². The molecule has 0 spiro atoms. The average Bonchev–Trinajstić information content (AvgIpc) is 2.70. The maximum absolute atomic E-state index is 11.6. The van der Waals surface area contributed by atoms with E-state index in [1.807, 2.05) is 0 Å². The maximum atomic E-state index is 11.6. The molecule has 0 aromatic rings. The summed E-state index contributed by atoms with van der Waals surface area (Å²) in [6.45, 7) is 1.49. The molecule has 1 aliphatic rings. The van der Waals surface area contributed by atoms with E-state index in [9.17, 15) is 14.7 Å². The first-order valence-corrected chi connectivity index (χ1v) is 6.08. The fourth-order valence-corrected chi connectivity index (χ4v) is 2.06. The molecule has 0 unspecified atom stereocenters. The first-order valence-electron chi connectivity index (χ1n) is 6.08. The van der Waals surface area contributed by atoms with Crippen LogP contribution >= 0.6 is 0 Å². The van der Waals surface area contributed by atoms with Gasteiger partial charge in [-0.25, -0.2) is 4.79 Å². The number of amides is 3. The van der Waals surface area contributed by atoms with Crippen molar-refractivity contribution >= 4 is 11.9 Å². The smallest absolute Gasteiger partial charge is 0.322 e. The van der Waals surface area contributed by atoms with Crippen LogP contribution in [0.15, 0.2) is 11.8 Å². The van der Waals surface area contributed by atoms with Crippen molar-refractivity contribution in [3.05, 3.63) is 11.8 Å². The van der Waals surface area contributed by atoms with Crippen molar-refractivity contribution in [1.82, 2.24) is 10.6 Å². The molecule has 1 aliphatic carbocycles. The standard InChI is InChI=1S/C12H20N2O5/c1-7(6-19-2)11(17)14-12(18)13-9-3-8(5-15)4-10(9)16/h6,8-10,15-16H,3-5H2,1-2H3,(H2,13,14,17,18)/b7-6+/t8-,9+,10+/m1/s1. The maximum Gasteiger partial charge on any atom is 0.322 e. The highest BCUT2D eigenvalue weighted by Crippen LogP contribution is 2.25. The Kier molecular flexibility index (Phi) is 5.78. The van der Waals surface area contributed by atoms with Gasteiger partial charge in [0.2, 0.25) is 0 Å². The van der Waals surface area contributed by atoms with Crippen molar-refractivity contribution in [3.8, 4) is 0 Å². The van der Waals surface area contributed by atoms with E-state index in [1.165, 1.54) is 20.3 Å². The number of ether oxygens (including phenoxy) is 1. The van der Waals surface area contributed by atoms with Gasteiger partial charge in [-0.05, 0) is 25.7 Å². The van der Waals surface area contributed by atoms with Gasteiger partial charge in [-0.2, -0.15) is 0 Å². The summed E-state index contributed by atoms with van der Waals surface area (Å²) in [5, 5.41) is 23.3. The summed E-state index contributed by atoms with van der Waals surface area (Å²) in [5.74, 6) is -0.586. The van der Waals surface area contributed by atoms with Gasteiger partial charge >= 0.3 is 6.03 Å². The van der Waals surface area contributed by atoms with E-state index >= 15 is 0 Å². The fraction of sp³-hybridized carbons (Fsp3) is 0.667. The fourth-order valence-electron chi connectivity index (χ4n) is 2.06. The van der Waals surface area contributed by atoms with Crippen LogP contribution < -0.4 is 10.6 Å². The number of nitrogens with one attached hydrogen (secondary N) is 2. The highest BCUT2D eigenvalue weighted by molar-refractivity contribution is 6.03. The third-order valence-electron chi connectivity index (χ3n) is 3.08. The molecule has 4 N–H and O–H groups in total. The number of carbonyl (C=O) groups is 2. The van der Waals surface area contributed by atoms with Crippen LogP contribution in [0, 0.1) is 5.92 Å².